The fraction of sp³-hybridized carbons (Fsp3) is 0.250. The van der Waals surface area contributed by atoms with Gasteiger partial charge in [0.1, 0.15) is 18.1 Å². The standard InChI is InChI=1S/C16H19NO2S/c1-18-13-8-6-12(7-9-13)11-19-15-4-3-5-16(20-2)14(15)10-17/h3-9H,10-11,17H2,1-2H3. The summed E-state index contributed by atoms with van der Waals surface area (Å²) in [6.07, 6.45) is 2.04. The van der Waals surface area contributed by atoms with Gasteiger partial charge in [0.05, 0.1) is 7.11 Å². The molecule has 0 saturated carbocycles. The molecule has 0 aliphatic rings. The Labute approximate surface area is 124 Å². The summed E-state index contributed by atoms with van der Waals surface area (Å²) in [5.74, 6) is 1.70. The molecule has 0 aromatic heterocycles. The predicted octanol–water partition coefficient (Wildman–Crippen LogP) is 3.45. The van der Waals surface area contributed by atoms with E-state index in [1.54, 1.807) is 18.9 Å². The lowest BCUT2D eigenvalue weighted by molar-refractivity contribution is 0.302. The largest absolute Gasteiger partial charge is 0.497 e. The van der Waals surface area contributed by atoms with Crippen LogP contribution in [-0.2, 0) is 13.2 Å². The molecule has 0 atom stereocenters. The molecule has 0 amide bonds. The van der Waals surface area contributed by atoms with Crippen molar-refractivity contribution in [3.63, 3.8) is 0 Å². The van der Waals surface area contributed by atoms with Gasteiger partial charge in [0, 0.05) is 17.0 Å². The van der Waals surface area contributed by atoms with Crippen molar-refractivity contribution in [2.24, 2.45) is 5.73 Å². The first-order chi connectivity index (χ1) is 9.78. The Bertz CT molecular complexity index is 555. The smallest absolute Gasteiger partial charge is 0.125 e. The highest BCUT2D eigenvalue weighted by Gasteiger charge is 2.07. The van der Waals surface area contributed by atoms with E-state index in [1.165, 1.54) is 4.90 Å². The molecule has 0 aliphatic carbocycles. The molecule has 3 nitrogen and oxygen atoms in total. The van der Waals surface area contributed by atoms with E-state index in [2.05, 4.69) is 6.07 Å². The van der Waals surface area contributed by atoms with Crippen molar-refractivity contribution in [2.45, 2.75) is 18.0 Å². The van der Waals surface area contributed by atoms with Crippen LogP contribution in [0.1, 0.15) is 11.1 Å². The Hall–Kier alpha value is -1.65. The van der Waals surface area contributed by atoms with E-state index in [0.717, 1.165) is 22.6 Å². The van der Waals surface area contributed by atoms with E-state index in [0.29, 0.717) is 13.2 Å². The number of benzene rings is 2. The monoisotopic (exact) mass is 289 g/mol. The van der Waals surface area contributed by atoms with Gasteiger partial charge in [-0.1, -0.05) is 18.2 Å². The molecule has 0 spiro atoms. The van der Waals surface area contributed by atoms with Gasteiger partial charge in [-0.3, -0.25) is 0 Å². The van der Waals surface area contributed by atoms with Crippen LogP contribution in [0.2, 0.25) is 0 Å². The van der Waals surface area contributed by atoms with Crippen molar-refractivity contribution in [3.8, 4) is 11.5 Å². The highest BCUT2D eigenvalue weighted by molar-refractivity contribution is 7.98. The van der Waals surface area contributed by atoms with E-state index in [4.69, 9.17) is 15.2 Å². The van der Waals surface area contributed by atoms with Gasteiger partial charge >= 0.3 is 0 Å². The molecule has 0 heterocycles. The summed E-state index contributed by atoms with van der Waals surface area (Å²) in [4.78, 5) is 1.17. The van der Waals surface area contributed by atoms with Crippen LogP contribution in [0.3, 0.4) is 0 Å². The van der Waals surface area contributed by atoms with Gasteiger partial charge in [0.2, 0.25) is 0 Å². The van der Waals surface area contributed by atoms with Crippen molar-refractivity contribution < 1.29 is 9.47 Å². The van der Waals surface area contributed by atoms with Gasteiger partial charge in [-0.05, 0) is 36.1 Å². The molecular formula is C16H19NO2S. The minimum atomic E-state index is 0.481. The molecule has 0 fully saturated rings. The van der Waals surface area contributed by atoms with Crippen LogP contribution in [0, 0.1) is 0 Å². The summed E-state index contributed by atoms with van der Waals surface area (Å²) in [7, 11) is 1.66. The molecule has 20 heavy (non-hydrogen) atoms. The average molecular weight is 289 g/mol. The van der Waals surface area contributed by atoms with Gasteiger partial charge in [-0.15, -0.1) is 11.8 Å². The van der Waals surface area contributed by atoms with Crippen molar-refractivity contribution >= 4 is 11.8 Å². The number of hydrogen-bond acceptors (Lipinski definition) is 4. The van der Waals surface area contributed by atoms with Crippen molar-refractivity contribution in [1.29, 1.82) is 0 Å². The van der Waals surface area contributed by atoms with Crippen molar-refractivity contribution in [3.05, 3.63) is 53.6 Å². The minimum absolute atomic E-state index is 0.481. The number of rotatable bonds is 6. The fourth-order valence-electron chi connectivity index (χ4n) is 1.96. The summed E-state index contributed by atoms with van der Waals surface area (Å²) >= 11 is 1.68. The first-order valence-electron chi connectivity index (χ1n) is 6.40. The van der Waals surface area contributed by atoms with Gasteiger partial charge in [0.25, 0.3) is 0 Å². The van der Waals surface area contributed by atoms with Gasteiger partial charge < -0.3 is 15.2 Å². The second-order valence-corrected chi connectivity index (χ2v) is 5.13. The molecule has 2 aromatic rings. The molecule has 2 aromatic carbocycles. The summed E-state index contributed by atoms with van der Waals surface area (Å²) < 4.78 is 11.0. The molecule has 2 rings (SSSR count). The summed E-state index contributed by atoms with van der Waals surface area (Å²) in [6, 6.07) is 13.9. The van der Waals surface area contributed by atoms with E-state index < -0.39 is 0 Å². The zero-order chi connectivity index (χ0) is 14.4. The summed E-state index contributed by atoms with van der Waals surface area (Å²) in [5, 5.41) is 0. The number of hydrogen-bond donors (Lipinski definition) is 1. The van der Waals surface area contributed by atoms with E-state index >= 15 is 0 Å². The Balaban J connectivity index is 2.10. The second kappa shape index (κ2) is 7.22. The van der Waals surface area contributed by atoms with Crippen LogP contribution in [-0.4, -0.2) is 13.4 Å². The van der Waals surface area contributed by atoms with Gasteiger partial charge in [0.15, 0.2) is 0 Å². The van der Waals surface area contributed by atoms with Crippen molar-refractivity contribution in [1.82, 2.24) is 0 Å². The molecule has 0 aliphatic heterocycles. The Morgan fingerprint density at radius 1 is 1.10 bits per heavy atom. The fourth-order valence-corrected chi connectivity index (χ4v) is 2.60. The molecule has 0 radical (unpaired) electrons. The number of ether oxygens (including phenoxy) is 2. The quantitative estimate of drug-likeness (QED) is 0.827. The van der Waals surface area contributed by atoms with Crippen LogP contribution >= 0.6 is 11.8 Å². The number of nitrogens with two attached hydrogens (primary N) is 1. The molecule has 0 saturated heterocycles. The lowest BCUT2D eigenvalue weighted by atomic mass is 10.2. The van der Waals surface area contributed by atoms with Crippen LogP contribution < -0.4 is 15.2 Å². The van der Waals surface area contributed by atoms with E-state index in [9.17, 15) is 0 Å². The summed E-state index contributed by atoms with van der Waals surface area (Å²) in [5.41, 5.74) is 7.99. The third kappa shape index (κ3) is 3.46. The lowest BCUT2D eigenvalue weighted by Gasteiger charge is -2.13. The highest BCUT2D eigenvalue weighted by Crippen LogP contribution is 2.29. The third-order valence-corrected chi connectivity index (χ3v) is 3.89. The molecule has 4 heteroatoms. The van der Waals surface area contributed by atoms with Gasteiger partial charge in [-0.25, -0.2) is 0 Å². The van der Waals surface area contributed by atoms with Crippen LogP contribution in [0.15, 0.2) is 47.4 Å². The predicted molar refractivity (Wildman–Crippen MR) is 83.4 cm³/mol. The SMILES string of the molecule is COc1ccc(COc2cccc(SC)c2CN)cc1. The maximum absolute atomic E-state index is 5.90. The van der Waals surface area contributed by atoms with Crippen LogP contribution in [0.5, 0.6) is 11.5 Å². The van der Waals surface area contributed by atoms with Gasteiger partial charge in [-0.2, -0.15) is 0 Å². The van der Waals surface area contributed by atoms with E-state index in [-0.39, 0.29) is 0 Å². The Morgan fingerprint density at radius 3 is 2.45 bits per heavy atom. The molecular weight excluding hydrogens is 270 g/mol. The molecule has 106 valence electrons. The molecule has 2 N–H and O–H groups in total. The van der Waals surface area contributed by atoms with Crippen molar-refractivity contribution in [2.75, 3.05) is 13.4 Å². The number of thioether (sulfide) groups is 1. The minimum Gasteiger partial charge on any atom is -0.497 e. The second-order valence-electron chi connectivity index (χ2n) is 4.28. The first kappa shape index (κ1) is 14.8. The summed E-state index contributed by atoms with van der Waals surface area (Å²) in [6.45, 7) is 1.00. The number of methoxy groups -OCH3 is 1. The third-order valence-electron chi connectivity index (χ3n) is 3.07. The first-order valence-corrected chi connectivity index (χ1v) is 7.62. The topological polar surface area (TPSA) is 44.5 Å². The molecule has 0 unspecified atom stereocenters. The zero-order valence-electron chi connectivity index (χ0n) is 11.8. The van der Waals surface area contributed by atoms with Crippen LogP contribution in [0.25, 0.3) is 0 Å². The van der Waals surface area contributed by atoms with E-state index in [1.807, 2.05) is 42.7 Å². The van der Waals surface area contributed by atoms with Crippen LogP contribution in [0.4, 0.5) is 0 Å². The average Bonchev–Trinajstić information content (AvgIpc) is 2.52. The normalized spacial score (nSPS) is 10.3. The lowest BCUT2D eigenvalue weighted by Crippen LogP contribution is -2.04. The highest BCUT2D eigenvalue weighted by atomic mass is 32.2. The Kier molecular flexibility index (Phi) is 5.32. The molecule has 0 bridgehead atoms. The maximum Gasteiger partial charge on any atom is 0.125 e. The zero-order valence-corrected chi connectivity index (χ0v) is 12.6. The maximum atomic E-state index is 5.90. The Morgan fingerprint density at radius 2 is 1.85 bits per heavy atom.